The lowest BCUT2D eigenvalue weighted by atomic mass is 9.62. The van der Waals surface area contributed by atoms with Crippen molar-refractivity contribution in [1.29, 1.82) is 0 Å². The predicted octanol–water partition coefficient (Wildman–Crippen LogP) is 15.5. The van der Waals surface area contributed by atoms with E-state index in [9.17, 15) is 9.13 Å². The van der Waals surface area contributed by atoms with Crippen LogP contribution < -0.4 is 0 Å². The molecule has 0 aliphatic rings. The molecule has 0 saturated heterocycles. The Morgan fingerprint density at radius 1 is 0.357 bits per heavy atom. The molecule has 0 N–H and O–H groups in total. The third-order valence-electron chi connectivity index (χ3n) is 10.2. The third-order valence-corrected chi connectivity index (χ3v) is 12.0. The highest BCUT2D eigenvalue weighted by molar-refractivity contribution is 7.26. The Morgan fingerprint density at radius 2 is 0.643 bits per heavy atom. The molecule has 0 atom stereocenters. The van der Waals surface area contributed by atoms with Gasteiger partial charge in [-0.1, -0.05) is 188 Å². The van der Waals surface area contributed by atoms with Gasteiger partial charge < -0.3 is 0 Å². The van der Waals surface area contributed by atoms with Crippen molar-refractivity contribution in [3.63, 3.8) is 0 Å². The van der Waals surface area contributed by atoms with Crippen LogP contribution in [0.2, 0.25) is 0 Å². The highest BCUT2D eigenvalue weighted by Crippen LogP contribution is 2.57. The Bertz CT molecular complexity index is 547. The molecule has 0 aromatic heterocycles. The van der Waals surface area contributed by atoms with Gasteiger partial charge in [0.25, 0.3) is 0 Å². The molecule has 0 spiro atoms. The summed E-state index contributed by atoms with van der Waals surface area (Å²) in [7, 11) is 0.727. The lowest BCUT2D eigenvalue weighted by Crippen LogP contribution is -2.44. The van der Waals surface area contributed by atoms with E-state index in [1.165, 1.54) is 173 Å². The Balaban J connectivity index is 6.01. The number of hydrogen-bond acceptors (Lipinski definition) is 2. The molecule has 0 unspecified atom stereocenters. The summed E-state index contributed by atoms with van der Waals surface area (Å²) in [5.41, 5.74) is 0.165. The summed E-state index contributed by atoms with van der Waals surface area (Å²) in [4.78, 5) is 0. The first-order valence-corrected chi connectivity index (χ1v) is 21.1. The molecule has 0 aromatic carbocycles. The normalized spacial score (nSPS) is 12.6. The van der Waals surface area contributed by atoms with E-state index in [1.807, 2.05) is 0 Å². The van der Waals surface area contributed by atoms with E-state index in [2.05, 4.69) is 27.7 Å². The minimum Gasteiger partial charge on any atom is -0.275 e. The summed E-state index contributed by atoms with van der Waals surface area (Å²) in [5.74, 6) is 0. The largest absolute Gasteiger partial charge is 0.275 e. The average molecular weight is 627 g/mol. The van der Waals surface area contributed by atoms with Crippen molar-refractivity contribution in [2.45, 2.75) is 232 Å². The zero-order chi connectivity index (χ0) is 31.0. The van der Waals surface area contributed by atoms with Crippen LogP contribution in [0.1, 0.15) is 227 Å². The molecule has 250 valence electrons. The number of unbranched alkanes of at least 4 members (excludes halogenated alkanes) is 21. The van der Waals surface area contributed by atoms with Crippen LogP contribution in [0.25, 0.3) is 0 Å². The van der Waals surface area contributed by atoms with Crippen molar-refractivity contribution in [3.05, 3.63) is 0 Å². The molecule has 2 nitrogen and oxygen atoms in total. The topological polar surface area (TPSA) is 34.1 Å². The molecule has 0 radical (unpaired) electrons. The van der Waals surface area contributed by atoms with Crippen LogP contribution >= 0.6 is 16.9 Å². The van der Waals surface area contributed by atoms with E-state index in [4.69, 9.17) is 0 Å². The molecule has 0 saturated carbocycles. The van der Waals surface area contributed by atoms with Crippen molar-refractivity contribution in [2.75, 3.05) is 6.16 Å². The first-order chi connectivity index (χ1) is 20.6. The first-order valence-electron chi connectivity index (χ1n) is 19.3. The summed E-state index contributed by atoms with van der Waals surface area (Å²) < 4.78 is 25.0. The van der Waals surface area contributed by atoms with Crippen molar-refractivity contribution >= 4 is 16.9 Å². The van der Waals surface area contributed by atoms with E-state index in [0.717, 1.165) is 31.8 Å². The number of rotatable bonds is 35. The summed E-state index contributed by atoms with van der Waals surface area (Å²) in [5, 5.41) is -0.0788. The van der Waals surface area contributed by atoms with Crippen LogP contribution in [-0.4, -0.2) is 11.3 Å². The fourth-order valence-corrected chi connectivity index (χ4v) is 8.82. The molecule has 0 rings (SSSR count). The van der Waals surface area contributed by atoms with Gasteiger partial charge in [0.2, 0.25) is 0 Å². The van der Waals surface area contributed by atoms with Crippen LogP contribution in [0.5, 0.6) is 0 Å². The van der Waals surface area contributed by atoms with Crippen LogP contribution in [0, 0.1) is 5.41 Å². The summed E-state index contributed by atoms with van der Waals surface area (Å²) in [6.45, 7) is 9.21. The first kappa shape index (κ1) is 42.2. The van der Waals surface area contributed by atoms with Crippen molar-refractivity contribution in [2.24, 2.45) is 5.41 Å². The Morgan fingerprint density at radius 3 is 0.952 bits per heavy atom. The second-order valence-electron chi connectivity index (χ2n) is 13.8. The van der Waals surface area contributed by atoms with Crippen molar-refractivity contribution in [3.8, 4) is 0 Å². The smallest absolute Gasteiger partial charge is 0.162 e. The maximum atomic E-state index is 13.7. The Hall–Kier alpha value is 0.200. The summed E-state index contributed by atoms with van der Waals surface area (Å²) >= 11 is 0. The average Bonchev–Trinajstić information content (AvgIpc) is 3.00. The molecular formula is C38H76O2P2. The van der Waals surface area contributed by atoms with Gasteiger partial charge in [0, 0.05) is 6.16 Å². The van der Waals surface area contributed by atoms with Crippen molar-refractivity contribution < 1.29 is 9.13 Å². The van der Waals surface area contributed by atoms with Crippen LogP contribution in [0.4, 0.5) is 0 Å². The van der Waals surface area contributed by atoms with Gasteiger partial charge in [-0.2, -0.15) is 0 Å². The van der Waals surface area contributed by atoms with Gasteiger partial charge >= 0.3 is 0 Å². The monoisotopic (exact) mass is 627 g/mol. The maximum Gasteiger partial charge on any atom is 0.162 e. The zero-order valence-electron chi connectivity index (χ0n) is 29.3. The minimum atomic E-state index is -0.0788. The van der Waals surface area contributed by atoms with Gasteiger partial charge in [-0.3, -0.25) is 9.13 Å². The lowest BCUT2D eigenvalue weighted by molar-refractivity contribution is 0.105. The van der Waals surface area contributed by atoms with Crippen LogP contribution in [-0.2, 0) is 9.13 Å². The number of hydrogen-bond donors (Lipinski definition) is 0. The quantitative estimate of drug-likeness (QED) is 0.0518. The van der Waals surface area contributed by atoms with Crippen LogP contribution in [0.3, 0.4) is 0 Å². The van der Waals surface area contributed by atoms with Crippen molar-refractivity contribution in [1.82, 2.24) is 0 Å². The third kappa shape index (κ3) is 20.3. The fourth-order valence-electron chi connectivity index (χ4n) is 7.44. The van der Waals surface area contributed by atoms with E-state index < -0.39 is 0 Å². The summed E-state index contributed by atoms with van der Waals surface area (Å²) in [6, 6.07) is 0. The minimum absolute atomic E-state index is 0.0788. The van der Waals surface area contributed by atoms with Gasteiger partial charge in [0.05, 0.1) is 5.16 Å². The van der Waals surface area contributed by atoms with Gasteiger partial charge in [-0.25, -0.2) is 0 Å². The predicted molar refractivity (Wildman–Crippen MR) is 191 cm³/mol. The van der Waals surface area contributed by atoms with Gasteiger partial charge in [-0.15, -0.1) is 0 Å². The molecule has 0 amide bonds. The van der Waals surface area contributed by atoms with E-state index in [-0.39, 0.29) is 10.6 Å². The second-order valence-corrected chi connectivity index (χ2v) is 15.5. The lowest BCUT2D eigenvalue weighted by Gasteiger charge is -2.49. The molecular weight excluding hydrogens is 550 g/mol. The van der Waals surface area contributed by atoms with Gasteiger partial charge in [0.1, 0.15) is 0 Å². The molecule has 0 aromatic rings. The zero-order valence-corrected chi connectivity index (χ0v) is 31.1. The molecule has 4 heteroatoms. The Kier molecular flexibility index (Phi) is 31.3. The Labute approximate surface area is 268 Å². The molecule has 0 bridgehead atoms. The fraction of sp³-hybridized carbons (Fsp3) is 1.00. The maximum absolute atomic E-state index is 13.7. The highest BCUT2D eigenvalue weighted by atomic mass is 31.1. The molecule has 42 heavy (non-hydrogen) atoms. The second kappa shape index (κ2) is 31.2. The van der Waals surface area contributed by atoms with Gasteiger partial charge in [-0.05, 0) is 43.9 Å². The van der Waals surface area contributed by atoms with Gasteiger partial charge in [0.15, 0.2) is 16.9 Å². The molecule has 0 fully saturated rings. The molecule has 0 heterocycles. The summed E-state index contributed by atoms with van der Waals surface area (Å²) in [6.07, 6.45) is 40.7. The van der Waals surface area contributed by atoms with E-state index >= 15 is 0 Å². The SMILES string of the molecule is CCCCCCCCC(CCCCCCCC)(CCCCP=O)C(CCCCCCCC)(CCCCCCCC)P=O. The molecule has 0 aliphatic carbocycles. The highest BCUT2D eigenvalue weighted by Gasteiger charge is 2.49. The standard InChI is InChI=1S/C38H76O2P2/c1-5-9-13-17-21-25-31-37(33-29-30-36-41-39,32-26-22-18-14-10-6-2)38(42-40,34-27-23-19-15-11-7-3)35-28-24-20-16-12-8-4/h5-36H2,1-4H3. The van der Waals surface area contributed by atoms with Crippen LogP contribution in [0.15, 0.2) is 0 Å². The van der Waals surface area contributed by atoms with E-state index in [0.29, 0.717) is 16.9 Å². The molecule has 0 aliphatic heterocycles. The van der Waals surface area contributed by atoms with E-state index in [1.54, 1.807) is 0 Å².